The first-order chi connectivity index (χ1) is 10.0. The molecule has 3 rings (SSSR count). The summed E-state index contributed by atoms with van der Waals surface area (Å²) in [5.41, 5.74) is 0.482. The first-order valence-corrected chi connectivity index (χ1v) is 8.48. The minimum Gasteiger partial charge on any atom is -0.481 e. The Bertz CT molecular complexity index is 557. The highest BCUT2D eigenvalue weighted by molar-refractivity contribution is 7.14. The SMILES string of the molecule is CC1(C(=O)O)CCCC1NC(=O)c1cc2c(s1)CCCC2. The molecular formula is C16H21NO3S. The van der Waals surface area contributed by atoms with Crippen LogP contribution in [0.1, 0.15) is 59.1 Å². The van der Waals surface area contributed by atoms with Crippen LogP contribution in [0.2, 0.25) is 0 Å². The van der Waals surface area contributed by atoms with Gasteiger partial charge in [-0.3, -0.25) is 9.59 Å². The third kappa shape index (κ3) is 2.59. The molecule has 114 valence electrons. The molecule has 0 bridgehead atoms. The van der Waals surface area contributed by atoms with Crippen LogP contribution < -0.4 is 5.32 Å². The van der Waals surface area contributed by atoms with Crippen molar-refractivity contribution >= 4 is 23.2 Å². The minimum absolute atomic E-state index is 0.103. The molecule has 1 saturated carbocycles. The second-order valence-electron chi connectivity index (χ2n) is 6.41. The Labute approximate surface area is 128 Å². The third-order valence-electron chi connectivity index (χ3n) is 4.97. The molecule has 1 aromatic rings. The molecule has 1 aromatic heterocycles. The second-order valence-corrected chi connectivity index (χ2v) is 7.54. The van der Waals surface area contributed by atoms with Crippen molar-refractivity contribution in [2.45, 2.75) is 57.9 Å². The largest absolute Gasteiger partial charge is 0.481 e. The molecule has 1 fully saturated rings. The number of aryl methyl sites for hydroxylation is 2. The van der Waals surface area contributed by atoms with E-state index in [4.69, 9.17) is 0 Å². The molecular weight excluding hydrogens is 286 g/mol. The fourth-order valence-corrected chi connectivity index (χ4v) is 4.64. The minimum atomic E-state index is -0.827. The van der Waals surface area contributed by atoms with Crippen molar-refractivity contribution in [1.29, 1.82) is 0 Å². The number of carbonyl (C=O) groups is 2. The van der Waals surface area contributed by atoms with Crippen molar-refractivity contribution in [3.63, 3.8) is 0 Å². The summed E-state index contributed by atoms with van der Waals surface area (Å²) >= 11 is 1.58. The molecule has 5 heteroatoms. The zero-order valence-corrected chi connectivity index (χ0v) is 13.1. The first kappa shape index (κ1) is 14.6. The molecule has 2 atom stereocenters. The topological polar surface area (TPSA) is 66.4 Å². The van der Waals surface area contributed by atoms with Gasteiger partial charge in [0.05, 0.1) is 10.3 Å². The highest BCUT2D eigenvalue weighted by atomic mass is 32.1. The van der Waals surface area contributed by atoms with Crippen LogP contribution in [0.25, 0.3) is 0 Å². The van der Waals surface area contributed by atoms with E-state index in [2.05, 4.69) is 5.32 Å². The van der Waals surface area contributed by atoms with Crippen molar-refractivity contribution in [3.8, 4) is 0 Å². The molecule has 2 unspecified atom stereocenters. The summed E-state index contributed by atoms with van der Waals surface area (Å²) in [6, 6.07) is 1.74. The van der Waals surface area contributed by atoms with Gasteiger partial charge in [0, 0.05) is 10.9 Å². The van der Waals surface area contributed by atoms with Crippen LogP contribution in [-0.4, -0.2) is 23.0 Å². The fourth-order valence-electron chi connectivity index (χ4n) is 3.49. The molecule has 2 N–H and O–H groups in total. The van der Waals surface area contributed by atoms with Gasteiger partial charge in [-0.25, -0.2) is 0 Å². The maximum Gasteiger partial charge on any atom is 0.311 e. The summed E-state index contributed by atoms with van der Waals surface area (Å²) in [7, 11) is 0. The number of fused-ring (bicyclic) bond motifs is 1. The van der Waals surface area contributed by atoms with E-state index in [0.29, 0.717) is 6.42 Å². The summed E-state index contributed by atoms with van der Waals surface area (Å²) in [5.74, 6) is -0.912. The second kappa shape index (κ2) is 5.44. The van der Waals surface area contributed by atoms with Gasteiger partial charge in [-0.15, -0.1) is 11.3 Å². The number of aliphatic carboxylic acids is 1. The zero-order valence-electron chi connectivity index (χ0n) is 12.3. The summed E-state index contributed by atoms with van der Waals surface area (Å²) in [4.78, 5) is 26.0. The van der Waals surface area contributed by atoms with Crippen LogP contribution in [0, 0.1) is 5.41 Å². The Morgan fingerprint density at radius 3 is 2.81 bits per heavy atom. The highest BCUT2D eigenvalue weighted by Crippen LogP contribution is 2.38. The lowest BCUT2D eigenvalue weighted by atomic mass is 9.85. The summed E-state index contributed by atoms with van der Waals surface area (Å²) < 4.78 is 0. The lowest BCUT2D eigenvalue weighted by molar-refractivity contribution is -0.148. The predicted octanol–water partition coefficient (Wildman–Crippen LogP) is 3.00. The summed E-state index contributed by atoms with van der Waals surface area (Å²) in [6.07, 6.45) is 6.78. The third-order valence-corrected chi connectivity index (χ3v) is 6.21. The van der Waals surface area contributed by atoms with E-state index in [0.717, 1.165) is 30.6 Å². The average molecular weight is 307 g/mol. The van der Waals surface area contributed by atoms with Gasteiger partial charge >= 0.3 is 5.97 Å². The Kier molecular flexibility index (Phi) is 3.78. The molecule has 2 aliphatic carbocycles. The van der Waals surface area contributed by atoms with Gasteiger partial charge in [-0.05, 0) is 57.1 Å². The Hall–Kier alpha value is -1.36. The van der Waals surface area contributed by atoms with Gasteiger partial charge < -0.3 is 10.4 Å². The van der Waals surface area contributed by atoms with Crippen molar-refractivity contribution < 1.29 is 14.7 Å². The maximum absolute atomic E-state index is 12.4. The van der Waals surface area contributed by atoms with Crippen molar-refractivity contribution in [2.24, 2.45) is 5.41 Å². The van der Waals surface area contributed by atoms with Crippen LogP contribution in [-0.2, 0) is 17.6 Å². The van der Waals surface area contributed by atoms with Crippen LogP contribution >= 0.6 is 11.3 Å². The lowest BCUT2D eigenvalue weighted by Crippen LogP contribution is -2.46. The van der Waals surface area contributed by atoms with Gasteiger partial charge in [0.2, 0.25) is 0 Å². The standard InChI is InChI=1S/C16H21NO3S/c1-16(15(19)20)8-4-7-13(16)17-14(18)12-9-10-5-2-3-6-11(10)21-12/h9,13H,2-8H2,1H3,(H,17,18)(H,19,20). The normalized spacial score (nSPS) is 28.1. The number of hydrogen-bond donors (Lipinski definition) is 2. The average Bonchev–Trinajstić information content (AvgIpc) is 3.04. The van der Waals surface area contributed by atoms with Crippen molar-refractivity contribution in [3.05, 3.63) is 21.4 Å². The summed E-state index contributed by atoms with van der Waals surface area (Å²) in [5, 5.41) is 12.4. The first-order valence-electron chi connectivity index (χ1n) is 7.66. The zero-order chi connectivity index (χ0) is 15.0. The monoisotopic (exact) mass is 307 g/mol. The molecule has 21 heavy (non-hydrogen) atoms. The van der Waals surface area contributed by atoms with E-state index in [-0.39, 0.29) is 11.9 Å². The van der Waals surface area contributed by atoms with Crippen LogP contribution in [0.5, 0.6) is 0 Å². The van der Waals surface area contributed by atoms with Gasteiger partial charge in [0.1, 0.15) is 0 Å². The number of nitrogens with one attached hydrogen (secondary N) is 1. The highest BCUT2D eigenvalue weighted by Gasteiger charge is 2.46. The molecule has 4 nitrogen and oxygen atoms in total. The van der Waals surface area contributed by atoms with Crippen LogP contribution in [0.3, 0.4) is 0 Å². The van der Waals surface area contributed by atoms with Gasteiger partial charge in [-0.1, -0.05) is 6.42 Å². The van der Waals surface area contributed by atoms with E-state index >= 15 is 0 Å². The molecule has 1 amide bonds. The quantitative estimate of drug-likeness (QED) is 0.902. The maximum atomic E-state index is 12.4. The number of rotatable bonds is 3. The number of amides is 1. The van der Waals surface area contributed by atoms with E-state index in [1.54, 1.807) is 18.3 Å². The van der Waals surface area contributed by atoms with E-state index < -0.39 is 11.4 Å². The van der Waals surface area contributed by atoms with Crippen LogP contribution in [0.4, 0.5) is 0 Å². The van der Waals surface area contributed by atoms with Crippen molar-refractivity contribution in [1.82, 2.24) is 5.32 Å². The number of thiophene rings is 1. The molecule has 1 heterocycles. The lowest BCUT2D eigenvalue weighted by Gasteiger charge is -2.27. The number of carboxylic acid groups (broad SMARTS) is 1. The van der Waals surface area contributed by atoms with Crippen LogP contribution in [0.15, 0.2) is 6.07 Å². The summed E-state index contributed by atoms with van der Waals surface area (Å²) in [6.45, 7) is 1.74. The van der Waals surface area contributed by atoms with E-state index in [1.807, 2.05) is 6.07 Å². The van der Waals surface area contributed by atoms with Gasteiger partial charge in [0.25, 0.3) is 5.91 Å². The Morgan fingerprint density at radius 2 is 2.10 bits per heavy atom. The van der Waals surface area contributed by atoms with E-state index in [9.17, 15) is 14.7 Å². The van der Waals surface area contributed by atoms with Gasteiger partial charge in [-0.2, -0.15) is 0 Å². The molecule has 0 radical (unpaired) electrons. The molecule has 0 saturated heterocycles. The molecule has 2 aliphatic rings. The number of carboxylic acids is 1. The fraction of sp³-hybridized carbons (Fsp3) is 0.625. The Morgan fingerprint density at radius 1 is 1.33 bits per heavy atom. The molecule has 0 aliphatic heterocycles. The predicted molar refractivity (Wildman–Crippen MR) is 81.8 cm³/mol. The Balaban J connectivity index is 1.74. The van der Waals surface area contributed by atoms with Crippen molar-refractivity contribution in [2.75, 3.05) is 0 Å². The molecule has 0 spiro atoms. The smallest absolute Gasteiger partial charge is 0.311 e. The van der Waals surface area contributed by atoms with E-state index in [1.165, 1.54) is 23.3 Å². The van der Waals surface area contributed by atoms with Gasteiger partial charge in [0.15, 0.2) is 0 Å². The number of carbonyl (C=O) groups excluding carboxylic acids is 1. The number of hydrogen-bond acceptors (Lipinski definition) is 3. The molecule has 0 aromatic carbocycles.